The van der Waals surface area contributed by atoms with Gasteiger partial charge in [-0.15, -0.1) is 11.3 Å². The van der Waals surface area contributed by atoms with Crippen molar-refractivity contribution in [2.75, 3.05) is 13.7 Å². The highest BCUT2D eigenvalue weighted by Gasteiger charge is 2.44. The molecule has 1 aromatic heterocycles. The van der Waals surface area contributed by atoms with Gasteiger partial charge < -0.3 is 14.2 Å². The molecular weight excluding hydrogens is 318 g/mol. The van der Waals surface area contributed by atoms with Crippen LogP contribution in [0.2, 0.25) is 0 Å². The Kier molecular flexibility index (Phi) is 4.77. The quantitative estimate of drug-likeness (QED) is 0.783. The summed E-state index contributed by atoms with van der Waals surface area (Å²) in [5, 5.41) is 1.85. The summed E-state index contributed by atoms with van der Waals surface area (Å²) in [6.07, 6.45) is 2.47. The summed E-state index contributed by atoms with van der Waals surface area (Å²) in [7, 11) is 1.33. The number of rotatable bonds is 4. The van der Waals surface area contributed by atoms with Crippen molar-refractivity contribution in [3.8, 4) is 0 Å². The SMILES string of the molecule is COC(=O)COC1CC2OC=C(c3cscn3)C(=O)C2CC1C. The van der Waals surface area contributed by atoms with Crippen LogP contribution in [0.15, 0.2) is 17.2 Å². The Bertz CT molecular complexity index is 612. The van der Waals surface area contributed by atoms with Crippen molar-refractivity contribution in [3.63, 3.8) is 0 Å². The van der Waals surface area contributed by atoms with Gasteiger partial charge in [0.1, 0.15) is 12.7 Å². The Morgan fingerprint density at radius 1 is 1.48 bits per heavy atom. The van der Waals surface area contributed by atoms with Gasteiger partial charge in [-0.1, -0.05) is 6.92 Å². The van der Waals surface area contributed by atoms with Crippen molar-refractivity contribution >= 4 is 28.7 Å². The van der Waals surface area contributed by atoms with Crippen molar-refractivity contribution < 1.29 is 23.8 Å². The molecule has 23 heavy (non-hydrogen) atoms. The molecule has 4 unspecified atom stereocenters. The lowest BCUT2D eigenvalue weighted by atomic mass is 9.74. The van der Waals surface area contributed by atoms with E-state index in [4.69, 9.17) is 9.47 Å². The van der Waals surface area contributed by atoms with Crippen LogP contribution in [0.4, 0.5) is 0 Å². The third-order valence-corrected chi connectivity index (χ3v) is 5.07. The lowest BCUT2D eigenvalue weighted by Gasteiger charge is -2.40. The predicted octanol–water partition coefficient (Wildman–Crippen LogP) is 2.06. The summed E-state index contributed by atoms with van der Waals surface area (Å²) in [4.78, 5) is 28.1. The van der Waals surface area contributed by atoms with Crippen LogP contribution in [-0.2, 0) is 23.8 Å². The van der Waals surface area contributed by atoms with E-state index in [1.807, 2.05) is 12.3 Å². The number of carbonyl (C=O) groups excluding carboxylic acids is 2. The van der Waals surface area contributed by atoms with E-state index in [1.165, 1.54) is 24.7 Å². The Morgan fingerprint density at radius 3 is 3.00 bits per heavy atom. The molecule has 0 radical (unpaired) electrons. The first-order valence-corrected chi connectivity index (χ1v) is 8.51. The maximum absolute atomic E-state index is 12.7. The van der Waals surface area contributed by atoms with Gasteiger partial charge in [-0.2, -0.15) is 0 Å². The third kappa shape index (κ3) is 3.30. The van der Waals surface area contributed by atoms with Gasteiger partial charge in [-0.25, -0.2) is 9.78 Å². The molecule has 1 aliphatic heterocycles. The fraction of sp³-hybridized carbons (Fsp3) is 0.562. The number of hydrogen-bond acceptors (Lipinski definition) is 7. The first-order valence-electron chi connectivity index (χ1n) is 7.57. The zero-order chi connectivity index (χ0) is 16.4. The second kappa shape index (κ2) is 6.80. The number of methoxy groups -OCH3 is 1. The highest BCUT2D eigenvalue weighted by molar-refractivity contribution is 7.07. The molecule has 0 bridgehead atoms. The van der Waals surface area contributed by atoms with Crippen LogP contribution in [0.5, 0.6) is 0 Å². The Labute approximate surface area is 138 Å². The van der Waals surface area contributed by atoms with Crippen LogP contribution in [0.25, 0.3) is 5.57 Å². The van der Waals surface area contributed by atoms with Gasteiger partial charge in [0.05, 0.1) is 42.2 Å². The molecule has 0 aromatic carbocycles. The number of esters is 1. The van der Waals surface area contributed by atoms with Gasteiger partial charge in [0, 0.05) is 11.8 Å². The summed E-state index contributed by atoms with van der Waals surface area (Å²) < 4.78 is 16.0. The van der Waals surface area contributed by atoms with Gasteiger partial charge in [0.2, 0.25) is 0 Å². The fourth-order valence-electron chi connectivity index (χ4n) is 3.17. The van der Waals surface area contributed by atoms with Crippen LogP contribution in [0.1, 0.15) is 25.5 Å². The van der Waals surface area contributed by atoms with Crippen LogP contribution >= 0.6 is 11.3 Å². The smallest absolute Gasteiger partial charge is 0.331 e. The number of allylic oxidation sites excluding steroid dienone is 1. The summed E-state index contributed by atoms with van der Waals surface area (Å²) in [5.41, 5.74) is 2.93. The van der Waals surface area contributed by atoms with Gasteiger partial charge in [-0.3, -0.25) is 4.79 Å². The monoisotopic (exact) mass is 337 g/mol. The number of aromatic nitrogens is 1. The number of fused-ring (bicyclic) bond motifs is 1. The number of nitrogens with zero attached hydrogens (tertiary/aromatic N) is 1. The van der Waals surface area contributed by atoms with Gasteiger partial charge in [-0.05, 0) is 12.3 Å². The van der Waals surface area contributed by atoms with Crippen molar-refractivity contribution in [3.05, 3.63) is 22.8 Å². The zero-order valence-corrected chi connectivity index (χ0v) is 13.9. The molecular formula is C16H19NO5S. The standard InChI is InChI=1S/C16H19NO5S/c1-9-3-10-14(4-13(9)22-6-15(18)20-2)21-5-11(16(10)19)12-7-23-8-17-12/h5,7-10,13-14H,3-4,6H2,1-2H3. The molecule has 6 nitrogen and oxygen atoms in total. The number of thiazole rings is 1. The van der Waals surface area contributed by atoms with E-state index in [0.29, 0.717) is 24.1 Å². The molecule has 0 N–H and O–H groups in total. The van der Waals surface area contributed by atoms with Gasteiger partial charge in [0.25, 0.3) is 0 Å². The van der Waals surface area contributed by atoms with E-state index >= 15 is 0 Å². The van der Waals surface area contributed by atoms with E-state index in [2.05, 4.69) is 9.72 Å². The molecule has 1 aromatic rings. The van der Waals surface area contributed by atoms with Crippen LogP contribution in [0, 0.1) is 11.8 Å². The molecule has 2 aliphatic rings. The van der Waals surface area contributed by atoms with E-state index in [9.17, 15) is 9.59 Å². The van der Waals surface area contributed by atoms with E-state index in [1.54, 1.807) is 5.51 Å². The minimum atomic E-state index is -0.398. The maximum Gasteiger partial charge on any atom is 0.331 e. The number of ether oxygens (including phenoxy) is 3. The highest BCUT2D eigenvalue weighted by atomic mass is 32.1. The molecule has 7 heteroatoms. The molecule has 1 aliphatic carbocycles. The maximum atomic E-state index is 12.7. The third-order valence-electron chi connectivity index (χ3n) is 4.49. The number of Topliss-reactive ketones (excluding diaryl/α,β-unsaturated/α-hetero) is 1. The molecule has 0 spiro atoms. The molecule has 4 atom stereocenters. The molecule has 0 saturated heterocycles. The molecule has 124 valence electrons. The Hall–Kier alpha value is -1.73. The van der Waals surface area contributed by atoms with Crippen LogP contribution in [-0.4, -0.2) is 42.7 Å². The average molecular weight is 337 g/mol. The highest BCUT2D eigenvalue weighted by Crippen LogP contribution is 2.39. The average Bonchev–Trinajstić information content (AvgIpc) is 3.08. The topological polar surface area (TPSA) is 74.7 Å². The molecule has 0 amide bonds. The summed E-state index contributed by atoms with van der Waals surface area (Å²) in [5.74, 6) is -0.316. The molecule has 1 fully saturated rings. The number of ketones is 1. The Balaban J connectivity index is 1.69. The lowest BCUT2D eigenvalue weighted by molar-refractivity contribution is -0.154. The van der Waals surface area contributed by atoms with Crippen molar-refractivity contribution in [2.45, 2.75) is 32.0 Å². The second-order valence-electron chi connectivity index (χ2n) is 5.92. The van der Waals surface area contributed by atoms with Crippen molar-refractivity contribution in [2.24, 2.45) is 11.8 Å². The summed E-state index contributed by atoms with van der Waals surface area (Å²) in [6, 6.07) is 0. The molecule has 1 saturated carbocycles. The normalized spacial score (nSPS) is 30.2. The van der Waals surface area contributed by atoms with Crippen LogP contribution in [0.3, 0.4) is 0 Å². The summed E-state index contributed by atoms with van der Waals surface area (Å²) >= 11 is 1.45. The minimum absolute atomic E-state index is 0.0727. The van der Waals surface area contributed by atoms with E-state index in [-0.39, 0.29) is 36.4 Å². The largest absolute Gasteiger partial charge is 0.496 e. The number of hydrogen-bond donors (Lipinski definition) is 0. The zero-order valence-electron chi connectivity index (χ0n) is 13.1. The minimum Gasteiger partial charge on any atom is -0.496 e. The Morgan fingerprint density at radius 2 is 2.30 bits per heavy atom. The van der Waals surface area contributed by atoms with Crippen molar-refractivity contribution in [1.29, 1.82) is 0 Å². The molecule has 2 heterocycles. The predicted molar refractivity (Wildman–Crippen MR) is 83.6 cm³/mol. The second-order valence-corrected chi connectivity index (χ2v) is 6.64. The van der Waals surface area contributed by atoms with E-state index in [0.717, 1.165) is 0 Å². The van der Waals surface area contributed by atoms with Crippen LogP contribution < -0.4 is 0 Å². The first kappa shape index (κ1) is 16.1. The van der Waals surface area contributed by atoms with Gasteiger partial charge in [0.15, 0.2) is 5.78 Å². The summed E-state index contributed by atoms with van der Waals surface area (Å²) in [6.45, 7) is 1.96. The first-order chi connectivity index (χ1) is 11.1. The van der Waals surface area contributed by atoms with Crippen molar-refractivity contribution in [1.82, 2.24) is 4.98 Å². The van der Waals surface area contributed by atoms with Gasteiger partial charge >= 0.3 is 5.97 Å². The number of carbonyl (C=O) groups is 2. The fourth-order valence-corrected chi connectivity index (χ4v) is 3.72. The lowest BCUT2D eigenvalue weighted by Crippen LogP contribution is -2.45. The van der Waals surface area contributed by atoms with E-state index < -0.39 is 5.97 Å². The molecule has 3 rings (SSSR count).